The molecule has 31 heavy (non-hydrogen) atoms. The van der Waals surface area contributed by atoms with Crippen LogP contribution in [0.25, 0.3) is 0 Å². The SMILES string of the molecule is COc1ccc(N(Cc2cccs2)c2nc(N)nc(NCC3CCCCC3)n2)cc1F. The van der Waals surface area contributed by atoms with Crippen molar-refractivity contribution in [2.75, 3.05) is 29.6 Å². The van der Waals surface area contributed by atoms with E-state index in [1.165, 1.54) is 45.3 Å². The number of anilines is 4. The van der Waals surface area contributed by atoms with Crippen LogP contribution in [0, 0.1) is 11.7 Å². The van der Waals surface area contributed by atoms with Crippen molar-refractivity contribution in [3.8, 4) is 5.75 Å². The van der Waals surface area contributed by atoms with Crippen LogP contribution in [0.4, 0.5) is 27.9 Å². The maximum Gasteiger partial charge on any atom is 0.236 e. The van der Waals surface area contributed by atoms with E-state index in [1.54, 1.807) is 23.5 Å². The van der Waals surface area contributed by atoms with Crippen LogP contribution < -0.4 is 20.7 Å². The third-order valence-corrected chi connectivity index (χ3v) is 6.36. The van der Waals surface area contributed by atoms with Gasteiger partial charge in [-0.15, -0.1) is 11.3 Å². The molecular weight excluding hydrogens is 415 g/mol. The van der Waals surface area contributed by atoms with Gasteiger partial charge in [0.05, 0.1) is 13.7 Å². The summed E-state index contributed by atoms with van der Waals surface area (Å²) in [5.41, 5.74) is 6.62. The molecule has 3 N–H and O–H groups in total. The predicted octanol–water partition coefficient (Wildman–Crippen LogP) is 4.99. The lowest BCUT2D eigenvalue weighted by Gasteiger charge is -2.24. The molecule has 0 radical (unpaired) electrons. The number of rotatable bonds is 8. The van der Waals surface area contributed by atoms with Gasteiger partial charge in [0.2, 0.25) is 17.8 Å². The monoisotopic (exact) mass is 442 g/mol. The van der Waals surface area contributed by atoms with Crippen LogP contribution in [0.1, 0.15) is 37.0 Å². The molecule has 0 aliphatic heterocycles. The first kappa shape index (κ1) is 21.3. The number of hydrogen-bond acceptors (Lipinski definition) is 8. The van der Waals surface area contributed by atoms with E-state index in [0.29, 0.717) is 30.0 Å². The lowest BCUT2D eigenvalue weighted by molar-refractivity contribution is 0.373. The van der Waals surface area contributed by atoms with Crippen molar-refractivity contribution in [2.24, 2.45) is 5.92 Å². The third-order valence-electron chi connectivity index (χ3n) is 5.50. The highest BCUT2D eigenvalue weighted by atomic mass is 32.1. The molecule has 164 valence electrons. The summed E-state index contributed by atoms with van der Waals surface area (Å²) in [6.07, 6.45) is 6.30. The van der Waals surface area contributed by atoms with Gasteiger partial charge < -0.3 is 20.7 Å². The van der Waals surface area contributed by atoms with E-state index in [2.05, 4.69) is 20.3 Å². The minimum atomic E-state index is -0.450. The van der Waals surface area contributed by atoms with Gasteiger partial charge >= 0.3 is 0 Å². The van der Waals surface area contributed by atoms with Crippen molar-refractivity contribution in [1.29, 1.82) is 0 Å². The van der Waals surface area contributed by atoms with Gasteiger partial charge in [0.25, 0.3) is 0 Å². The van der Waals surface area contributed by atoms with E-state index in [-0.39, 0.29) is 11.7 Å². The van der Waals surface area contributed by atoms with Gasteiger partial charge in [0.1, 0.15) is 0 Å². The number of ether oxygens (including phenoxy) is 1. The average molecular weight is 443 g/mol. The van der Waals surface area contributed by atoms with E-state index in [4.69, 9.17) is 10.5 Å². The molecule has 0 amide bonds. The van der Waals surface area contributed by atoms with Crippen LogP contribution in [0.2, 0.25) is 0 Å². The summed E-state index contributed by atoms with van der Waals surface area (Å²) >= 11 is 1.61. The van der Waals surface area contributed by atoms with Gasteiger partial charge in [0, 0.05) is 23.2 Å². The summed E-state index contributed by atoms with van der Waals surface area (Å²) in [5, 5.41) is 5.33. The van der Waals surface area contributed by atoms with Gasteiger partial charge in [0.15, 0.2) is 11.6 Å². The van der Waals surface area contributed by atoms with Crippen molar-refractivity contribution in [3.05, 3.63) is 46.4 Å². The number of nitrogen functional groups attached to an aromatic ring is 1. The molecular formula is C22H27FN6OS. The Bertz CT molecular complexity index is 994. The number of nitrogens with one attached hydrogen (secondary N) is 1. The lowest BCUT2D eigenvalue weighted by atomic mass is 9.89. The predicted molar refractivity (Wildman–Crippen MR) is 122 cm³/mol. The average Bonchev–Trinajstić information content (AvgIpc) is 3.30. The molecule has 1 fully saturated rings. The van der Waals surface area contributed by atoms with Crippen LogP contribution in [-0.4, -0.2) is 28.6 Å². The molecule has 7 nitrogen and oxygen atoms in total. The number of nitrogens with zero attached hydrogens (tertiary/aromatic N) is 4. The minimum Gasteiger partial charge on any atom is -0.494 e. The highest BCUT2D eigenvalue weighted by Gasteiger charge is 2.19. The first-order valence-electron chi connectivity index (χ1n) is 10.5. The Morgan fingerprint density at radius 1 is 1.19 bits per heavy atom. The molecule has 1 aliphatic carbocycles. The molecule has 3 aromatic rings. The summed E-state index contributed by atoms with van der Waals surface area (Å²) in [5.74, 6) is 1.29. The Kier molecular flexibility index (Phi) is 6.81. The molecule has 0 unspecified atom stereocenters. The number of methoxy groups -OCH3 is 1. The second-order valence-corrected chi connectivity index (χ2v) is 8.72. The molecule has 4 rings (SSSR count). The number of nitrogens with two attached hydrogens (primary N) is 1. The normalized spacial score (nSPS) is 14.4. The number of benzene rings is 1. The second kappa shape index (κ2) is 9.91. The molecule has 2 aromatic heterocycles. The largest absolute Gasteiger partial charge is 0.494 e. The van der Waals surface area contributed by atoms with E-state index >= 15 is 0 Å². The molecule has 0 saturated heterocycles. The summed E-state index contributed by atoms with van der Waals surface area (Å²) in [6, 6.07) is 8.79. The van der Waals surface area contributed by atoms with Crippen molar-refractivity contribution >= 4 is 34.9 Å². The van der Waals surface area contributed by atoms with Gasteiger partial charge in [-0.3, -0.25) is 0 Å². The van der Waals surface area contributed by atoms with Gasteiger partial charge in [-0.2, -0.15) is 15.0 Å². The van der Waals surface area contributed by atoms with Crippen LogP contribution in [0.15, 0.2) is 35.7 Å². The third kappa shape index (κ3) is 5.41. The fourth-order valence-corrected chi connectivity index (χ4v) is 4.56. The smallest absolute Gasteiger partial charge is 0.236 e. The van der Waals surface area contributed by atoms with Crippen LogP contribution >= 0.6 is 11.3 Å². The Morgan fingerprint density at radius 2 is 2.03 bits per heavy atom. The van der Waals surface area contributed by atoms with Crippen molar-refractivity contribution in [1.82, 2.24) is 15.0 Å². The van der Waals surface area contributed by atoms with Crippen LogP contribution in [-0.2, 0) is 6.54 Å². The highest BCUT2D eigenvalue weighted by Crippen LogP contribution is 2.31. The Balaban J connectivity index is 1.62. The second-order valence-electron chi connectivity index (χ2n) is 7.69. The van der Waals surface area contributed by atoms with Gasteiger partial charge in [-0.1, -0.05) is 25.3 Å². The summed E-state index contributed by atoms with van der Waals surface area (Å²) in [7, 11) is 1.44. The zero-order valence-corrected chi connectivity index (χ0v) is 18.4. The Morgan fingerprint density at radius 3 is 2.74 bits per heavy atom. The molecule has 0 atom stereocenters. The number of hydrogen-bond donors (Lipinski definition) is 2. The van der Waals surface area contributed by atoms with Crippen LogP contribution in [0.3, 0.4) is 0 Å². The Labute approximate surface area is 185 Å². The fraction of sp³-hybridized carbons (Fsp3) is 0.409. The van der Waals surface area contributed by atoms with E-state index in [1.807, 2.05) is 22.4 Å². The molecule has 2 heterocycles. The zero-order chi connectivity index (χ0) is 21.6. The van der Waals surface area contributed by atoms with Crippen LogP contribution in [0.5, 0.6) is 5.75 Å². The molecule has 9 heteroatoms. The first-order valence-corrected chi connectivity index (χ1v) is 11.4. The van der Waals surface area contributed by atoms with E-state index in [0.717, 1.165) is 11.4 Å². The molecule has 1 saturated carbocycles. The van der Waals surface area contributed by atoms with Crippen molar-refractivity contribution < 1.29 is 9.13 Å². The standard InChI is InChI=1S/C22H27FN6OS/c1-30-19-10-9-16(12-18(19)23)29(14-17-8-5-11-31-17)22-27-20(24)26-21(28-22)25-13-15-6-3-2-4-7-15/h5,8-12,15H,2-4,6-7,13-14H2,1H3,(H3,24,25,26,27,28). The number of aromatic nitrogens is 3. The van der Waals surface area contributed by atoms with Gasteiger partial charge in [-0.05, 0) is 42.3 Å². The van der Waals surface area contributed by atoms with E-state index in [9.17, 15) is 4.39 Å². The van der Waals surface area contributed by atoms with Crippen molar-refractivity contribution in [2.45, 2.75) is 38.6 Å². The molecule has 0 spiro atoms. The van der Waals surface area contributed by atoms with E-state index < -0.39 is 5.82 Å². The van der Waals surface area contributed by atoms with Crippen molar-refractivity contribution in [3.63, 3.8) is 0 Å². The molecule has 1 aliphatic rings. The zero-order valence-electron chi connectivity index (χ0n) is 17.6. The number of halogens is 1. The molecule has 0 bridgehead atoms. The van der Waals surface area contributed by atoms with Gasteiger partial charge in [-0.25, -0.2) is 4.39 Å². The summed E-state index contributed by atoms with van der Waals surface area (Å²) in [6.45, 7) is 1.29. The molecule has 1 aromatic carbocycles. The lowest BCUT2D eigenvalue weighted by Crippen LogP contribution is -2.22. The maximum atomic E-state index is 14.5. The maximum absolute atomic E-state index is 14.5. The topological polar surface area (TPSA) is 89.2 Å². The minimum absolute atomic E-state index is 0.126. The summed E-state index contributed by atoms with van der Waals surface area (Å²) < 4.78 is 19.5. The quantitative estimate of drug-likeness (QED) is 0.508. The summed E-state index contributed by atoms with van der Waals surface area (Å²) in [4.78, 5) is 16.1. The fourth-order valence-electron chi connectivity index (χ4n) is 3.87. The highest BCUT2D eigenvalue weighted by molar-refractivity contribution is 7.09. The number of thiophene rings is 1. The Hall–Kier alpha value is -2.94. The first-order chi connectivity index (χ1) is 15.1.